The van der Waals surface area contributed by atoms with E-state index in [4.69, 9.17) is 18.9 Å². The minimum Gasteiger partial charge on any atom is -0.453 e. The van der Waals surface area contributed by atoms with Crippen molar-refractivity contribution >= 4 is 35.8 Å². The summed E-state index contributed by atoms with van der Waals surface area (Å²) in [7, 11) is 0. The Morgan fingerprint density at radius 3 is 1.42 bits per heavy atom. The molecule has 0 N–H and O–H groups in total. The Balaban J connectivity index is 1.10. The van der Waals surface area contributed by atoms with Crippen molar-refractivity contribution in [1.82, 2.24) is 0 Å². The van der Waals surface area contributed by atoms with Gasteiger partial charge in [-0.3, -0.25) is 0 Å². The molecule has 0 spiro atoms. The Bertz CT molecular complexity index is 1290. The highest BCUT2D eigenvalue weighted by molar-refractivity contribution is 6.16. The van der Waals surface area contributed by atoms with Crippen LogP contribution in [0.1, 0.15) is 62.1 Å². The smallest absolute Gasteiger partial charge is 0.346 e. The third-order valence-corrected chi connectivity index (χ3v) is 6.24. The van der Waals surface area contributed by atoms with E-state index < -0.39 is 60.2 Å². The molecule has 0 unspecified atom stereocenters. The lowest BCUT2D eigenvalue weighted by atomic mass is 10.1. The van der Waals surface area contributed by atoms with Gasteiger partial charge in [0.1, 0.15) is 12.2 Å². The number of hydrogen-bond donors (Lipinski definition) is 0. The molecule has 4 heterocycles. The van der Waals surface area contributed by atoms with Gasteiger partial charge < -0.3 is 28.4 Å². The Morgan fingerprint density at radius 2 is 1.00 bits per heavy atom. The lowest BCUT2D eigenvalue weighted by Gasteiger charge is -2.17. The van der Waals surface area contributed by atoms with Crippen LogP contribution >= 0.6 is 0 Å². The summed E-state index contributed by atoms with van der Waals surface area (Å²) < 4.78 is 31.4. The molecule has 0 radical (unpaired) electrons. The van der Waals surface area contributed by atoms with Gasteiger partial charge in [-0.05, 0) is 36.4 Å². The van der Waals surface area contributed by atoms with Gasteiger partial charge >= 0.3 is 35.8 Å². The fourth-order valence-electron chi connectivity index (χ4n) is 4.47. The number of rotatable bonds is 4. The molecule has 2 saturated heterocycles. The van der Waals surface area contributed by atoms with Crippen LogP contribution in [0.4, 0.5) is 0 Å². The predicted molar refractivity (Wildman–Crippen MR) is 110 cm³/mol. The van der Waals surface area contributed by atoms with Crippen molar-refractivity contribution in [3.8, 4) is 0 Å². The number of carbonyl (C=O) groups is 6. The normalized spacial score (nSPS) is 25.7. The maximum Gasteiger partial charge on any atom is 0.346 e. The topological polar surface area (TPSA) is 158 Å². The Hall–Kier alpha value is -4.42. The van der Waals surface area contributed by atoms with Gasteiger partial charge in [0.25, 0.3) is 0 Å². The second kappa shape index (κ2) is 8.07. The van der Waals surface area contributed by atoms with Gasteiger partial charge in [-0.25, -0.2) is 28.8 Å². The molecular formula is C24H14O12. The molecule has 0 aliphatic carbocycles. The van der Waals surface area contributed by atoms with Gasteiger partial charge in [-0.1, -0.05) is 0 Å². The van der Waals surface area contributed by atoms with Crippen LogP contribution in [0.15, 0.2) is 36.4 Å². The zero-order valence-corrected chi connectivity index (χ0v) is 18.1. The van der Waals surface area contributed by atoms with Gasteiger partial charge in [0.15, 0.2) is 12.2 Å². The van der Waals surface area contributed by atoms with Crippen molar-refractivity contribution in [2.75, 3.05) is 13.2 Å². The quantitative estimate of drug-likeness (QED) is 0.336. The lowest BCUT2D eigenvalue weighted by molar-refractivity contribution is -0.0287. The molecule has 0 amide bonds. The Kier molecular flexibility index (Phi) is 4.95. The number of cyclic esters (lactones) is 4. The minimum absolute atomic E-state index is 0.0204. The van der Waals surface area contributed by atoms with Crippen LogP contribution < -0.4 is 0 Å². The number of ether oxygens (including phenoxy) is 6. The summed E-state index contributed by atoms with van der Waals surface area (Å²) >= 11 is 0. The van der Waals surface area contributed by atoms with Gasteiger partial charge in [0, 0.05) is 0 Å². The molecule has 2 aromatic rings. The molecule has 6 rings (SSSR count). The molecule has 4 atom stereocenters. The van der Waals surface area contributed by atoms with E-state index >= 15 is 0 Å². The third kappa shape index (κ3) is 3.46. The first kappa shape index (κ1) is 22.1. The van der Waals surface area contributed by atoms with Crippen LogP contribution in [0.5, 0.6) is 0 Å². The molecule has 12 heteroatoms. The molecule has 2 fully saturated rings. The zero-order valence-electron chi connectivity index (χ0n) is 18.1. The van der Waals surface area contributed by atoms with Crippen molar-refractivity contribution in [3.63, 3.8) is 0 Å². The van der Waals surface area contributed by atoms with E-state index in [1.54, 1.807) is 0 Å². The van der Waals surface area contributed by atoms with E-state index in [0.717, 1.165) is 0 Å². The molecule has 0 bridgehead atoms. The van der Waals surface area contributed by atoms with Crippen molar-refractivity contribution in [2.45, 2.75) is 24.4 Å². The van der Waals surface area contributed by atoms with E-state index in [1.807, 2.05) is 0 Å². The number of carbonyl (C=O) groups excluding carboxylic acids is 6. The highest BCUT2D eigenvalue weighted by Crippen LogP contribution is 2.32. The standard InChI is InChI=1S/C24H14O12/c25-19(9-1-3-11-13(5-9)23(29)35-21(11)27)33-15-7-31-18-16(8-32-17(15)18)34-20(26)10-2-4-12-14(6-10)24(30)36-22(12)28/h1-6,15-18H,7-8H2/t15-,16-,17+,18+/m0/s1. The highest BCUT2D eigenvalue weighted by Gasteiger charge is 2.51. The number of benzene rings is 2. The van der Waals surface area contributed by atoms with Gasteiger partial charge in [-0.2, -0.15) is 0 Å². The largest absolute Gasteiger partial charge is 0.453 e. The number of fused-ring (bicyclic) bond motifs is 3. The third-order valence-electron chi connectivity index (χ3n) is 6.24. The first-order valence-corrected chi connectivity index (χ1v) is 10.8. The van der Waals surface area contributed by atoms with E-state index in [0.29, 0.717) is 0 Å². The predicted octanol–water partition coefficient (Wildman–Crippen LogP) is 0.856. The van der Waals surface area contributed by atoms with E-state index in [2.05, 4.69) is 9.47 Å². The van der Waals surface area contributed by atoms with Crippen LogP contribution in [0.25, 0.3) is 0 Å². The average molecular weight is 494 g/mol. The second-order valence-electron chi connectivity index (χ2n) is 8.36. The summed E-state index contributed by atoms with van der Waals surface area (Å²) in [5.74, 6) is -4.77. The summed E-state index contributed by atoms with van der Waals surface area (Å²) in [5.41, 5.74) is 0.163. The number of esters is 6. The fourth-order valence-corrected chi connectivity index (χ4v) is 4.47. The van der Waals surface area contributed by atoms with Gasteiger partial charge in [0.05, 0.1) is 46.6 Å². The van der Waals surface area contributed by atoms with E-state index in [9.17, 15) is 28.8 Å². The number of hydrogen-bond acceptors (Lipinski definition) is 12. The van der Waals surface area contributed by atoms with Crippen LogP contribution in [0.3, 0.4) is 0 Å². The van der Waals surface area contributed by atoms with Crippen LogP contribution in [-0.2, 0) is 28.4 Å². The molecule has 4 aliphatic heterocycles. The minimum atomic E-state index is -0.843. The molecule has 0 aromatic heterocycles. The monoisotopic (exact) mass is 494 g/mol. The molecule has 36 heavy (non-hydrogen) atoms. The second-order valence-corrected chi connectivity index (χ2v) is 8.36. The maximum absolute atomic E-state index is 12.6. The average Bonchev–Trinajstić information content (AvgIpc) is 3.59. The summed E-state index contributed by atoms with van der Waals surface area (Å²) in [6.07, 6.45) is -3.04. The summed E-state index contributed by atoms with van der Waals surface area (Å²) in [6.45, 7) is -0.0409. The fraction of sp³-hybridized carbons (Fsp3) is 0.250. The van der Waals surface area contributed by atoms with Gasteiger partial charge in [-0.15, -0.1) is 0 Å². The molecule has 0 saturated carbocycles. The first-order valence-electron chi connectivity index (χ1n) is 10.8. The van der Waals surface area contributed by atoms with Crippen LogP contribution in [0, 0.1) is 0 Å². The van der Waals surface area contributed by atoms with Crippen molar-refractivity contribution in [3.05, 3.63) is 69.8 Å². The lowest BCUT2D eigenvalue weighted by Crippen LogP contribution is -2.36. The summed E-state index contributed by atoms with van der Waals surface area (Å²) in [5, 5.41) is 0. The molecule has 182 valence electrons. The zero-order chi connectivity index (χ0) is 25.1. The Morgan fingerprint density at radius 1 is 0.611 bits per heavy atom. The van der Waals surface area contributed by atoms with E-state index in [-0.39, 0.29) is 46.6 Å². The van der Waals surface area contributed by atoms with Gasteiger partial charge in [0.2, 0.25) is 0 Å². The summed E-state index contributed by atoms with van der Waals surface area (Å²) in [4.78, 5) is 71.9. The highest BCUT2D eigenvalue weighted by atomic mass is 16.7. The molecule has 2 aromatic carbocycles. The summed E-state index contributed by atoms with van der Waals surface area (Å²) in [6, 6.07) is 7.74. The maximum atomic E-state index is 12.6. The molecule has 12 nitrogen and oxygen atoms in total. The Labute approximate surface area is 200 Å². The van der Waals surface area contributed by atoms with Crippen molar-refractivity contribution in [1.29, 1.82) is 0 Å². The molecule has 4 aliphatic rings. The van der Waals surface area contributed by atoms with Crippen molar-refractivity contribution < 1.29 is 57.2 Å². The SMILES string of the molecule is O=C(O[C@H]1CO[C@H]2[C@@H]1OC[C@@H]2OC(=O)c1ccc2c(c1)C(=O)OC2=O)c1ccc2c(c1)C(=O)OC2=O. The van der Waals surface area contributed by atoms with Crippen LogP contribution in [0.2, 0.25) is 0 Å². The molecular weight excluding hydrogens is 480 g/mol. The van der Waals surface area contributed by atoms with Crippen molar-refractivity contribution in [2.24, 2.45) is 0 Å². The van der Waals surface area contributed by atoms with E-state index in [1.165, 1.54) is 36.4 Å². The first-order chi connectivity index (χ1) is 17.3. The van der Waals surface area contributed by atoms with Crippen LogP contribution in [-0.4, -0.2) is 73.4 Å².